The number of hydrogen-bond donors (Lipinski definition) is 0. The number of ether oxygens (including phenoxy) is 4. The fourth-order valence-electron chi connectivity index (χ4n) is 7.66. The van der Waals surface area contributed by atoms with Crippen molar-refractivity contribution in [2.24, 2.45) is 20.0 Å². The van der Waals surface area contributed by atoms with E-state index in [0.717, 1.165) is 0 Å². The third kappa shape index (κ3) is 7.68. The average Bonchev–Trinajstić information content (AvgIpc) is 3.96. The molecular formula is C50H36Br2N4O8. The zero-order valence-electron chi connectivity index (χ0n) is 34.7. The van der Waals surface area contributed by atoms with Crippen LogP contribution in [0.1, 0.15) is 74.8 Å². The molecule has 0 atom stereocenters. The lowest BCUT2D eigenvalue weighted by Gasteiger charge is -2.39. The van der Waals surface area contributed by atoms with Crippen molar-refractivity contribution in [1.82, 2.24) is 0 Å². The molecule has 12 nitrogen and oxygen atoms in total. The normalized spacial score (nSPS) is 14.7. The Morgan fingerprint density at radius 3 is 0.781 bits per heavy atom. The Bertz CT molecular complexity index is 2610. The van der Waals surface area contributed by atoms with Gasteiger partial charge in [0.25, 0.3) is 0 Å². The molecular weight excluding hydrogens is 944 g/mol. The van der Waals surface area contributed by atoms with Gasteiger partial charge in [-0.25, -0.2) is 39.1 Å². The summed E-state index contributed by atoms with van der Waals surface area (Å²) in [5.41, 5.74) is 3.28. The van der Waals surface area contributed by atoms with E-state index in [-0.39, 0.29) is 0 Å². The predicted octanol–water partition coefficient (Wildman–Crippen LogP) is 9.35. The van der Waals surface area contributed by atoms with Crippen molar-refractivity contribution in [3.05, 3.63) is 210 Å². The van der Waals surface area contributed by atoms with Crippen LogP contribution in [0.4, 0.5) is 0 Å². The molecule has 6 aromatic carbocycles. The van der Waals surface area contributed by atoms with Crippen LogP contribution < -0.4 is 0 Å². The van der Waals surface area contributed by atoms with Crippen LogP contribution in [0.5, 0.6) is 0 Å². The summed E-state index contributed by atoms with van der Waals surface area (Å²) in [6.07, 6.45) is 0. The second-order valence-corrected chi connectivity index (χ2v) is 16.1. The number of esters is 4. The minimum Gasteiger partial charge on any atom is -0.465 e. The highest BCUT2D eigenvalue weighted by molar-refractivity contribution is 9.10. The molecule has 64 heavy (non-hydrogen) atoms. The minimum absolute atomic E-state index is 0.336. The molecule has 2 aliphatic heterocycles. The molecule has 14 heteroatoms. The highest BCUT2D eigenvalue weighted by Crippen LogP contribution is 2.57. The lowest BCUT2D eigenvalue weighted by atomic mass is 9.82. The number of carbonyl (C=O) groups is 4. The second kappa shape index (κ2) is 17.9. The Labute approximate surface area is 384 Å². The molecule has 8 rings (SSSR count). The molecule has 0 radical (unpaired) electrons. The van der Waals surface area contributed by atoms with Crippen molar-refractivity contribution >= 4 is 78.6 Å². The summed E-state index contributed by atoms with van der Waals surface area (Å²) in [5.74, 6) is -2.01. The quantitative estimate of drug-likeness (QED) is 0.0920. The van der Waals surface area contributed by atoms with Gasteiger partial charge in [-0.2, -0.15) is 0 Å². The van der Waals surface area contributed by atoms with Gasteiger partial charge in [-0.3, -0.25) is 0 Å². The zero-order chi connectivity index (χ0) is 45.2. The molecule has 0 aliphatic carbocycles. The van der Waals surface area contributed by atoms with Crippen molar-refractivity contribution in [1.29, 1.82) is 0 Å². The molecule has 2 aliphatic rings. The molecule has 318 valence electrons. The van der Waals surface area contributed by atoms with E-state index in [1.807, 2.05) is 48.5 Å². The Balaban J connectivity index is 1.50. The van der Waals surface area contributed by atoms with E-state index < -0.39 is 35.2 Å². The number of halogens is 2. The fraction of sp³-hybridized carbons (Fsp3) is 0.120. The first-order chi connectivity index (χ1) is 31.0. The molecule has 0 fully saturated rings. The van der Waals surface area contributed by atoms with Gasteiger partial charge in [0.1, 0.15) is 0 Å². The van der Waals surface area contributed by atoms with Crippen LogP contribution in [0.25, 0.3) is 0 Å². The number of carbonyl (C=O) groups excluding carboxylic acids is 4. The third-order valence-electron chi connectivity index (χ3n) is 10.8. The van der Waals surface area contributed by atoms with Gasteiger partial charge < -0.3 is 18.9 Å². The van der Waals surface area contributed by atoms with E-state index in [1.165, 1.54) is 28.4 Å². The molecule has 0 amide bonds. The summed E-state index contributed by atoms with van der Waals surface area (Å²) < 4.78 is 21.3. The predicted molar refractivity (Wildman–Crippen MR) is 249 cm³/mol. The number of methoxy groups -OCH3 is 4. The van der Waals surface area contributed by atoms with E-state index in [0.29, 0.717) is 87.4 Å². The van der Waals surface area contributed by atoms with E-state index in [9.17, 15) is 19.2 Å². The average molecular weight is 981 g/mol. The van der Waals surface area contributed by atoms with Crippen LogP contribution in [0.2, 0.25) is 0 Å². The van der Waals surface area contributed by atoms with Crippen LogP contribution in [0.3, 0.4) is 0 Å². The van der Waals surface area contributed by atoms with Crippen LogP contribution >= 0.6 is 31.9 Å². The molecule has 0 saturated heterocycles. The Morgan fingerprint density at radius 1 is 0.359 bits per heavy atom. The van der Waals surface area contributed by atoms with Gasteiger partial charge in [0, 0.05) is 42.3 Å². The Hall–Kier alpha value is -7.16. The van der Waals surface area contributed by atoms with Gasteiger partial charge in [0.15, 0.2) is 0 Å². The largest absolute Gasteiger partial charge is 0.465 e. The number of benzene rings is 6. The van der Waals surface area contributed by atoms with Crippen molar-refractivity contribution in [3.8, 4) is 0 Å². The maximum Gasteiger partial charge on any atom is 0.337 e. The van der Waals surface area contributed by atoms with E-state index in [2.05, 4.69) is 31.9 Å². The summed E-state index contributed by atoms with van der Waals surface area (Å²) >= 11 is 7.72. The first-order valence-electron chi connectivity index (χ1n) is 19.6. The summed E-state index contributed by atoms with van der Waals surface area (Å²) in [6.45, 7) is 0. The van der Waals surface area contributed by atoms with Gasteiger partial charge in [0.05, 0.1) is 73.5 Å². The first kappa shape index (κ1) is 43.5. The highest BCUT2D eigenvalue weighted by atomic mass is 79.9. The molecule has 0 aromatic heterocycles. The van der Waals surface area contributed by atoms with E-state index in [4.69, 9.17) is 38.9 Å². The van der Waals surface area contributed by atoms with Crippen LogP contribution in [0, 0.1) is 0 Å². The van der Waals surface area contributed by atoms with E-state index >= 15 is 0 Å². The smallest absolute Gasteiger partial charge is 0.337 e. The number of nitrogens with zero attached hydrogens (tertiary/aromatic N) is 4. The van der Waals surface area contributed by atoms with Gasteiger partial charge in [-0.15, -0.1) is 0 Å². The third-order valence-corrected chi connectivity index (χ3v) is 12.2. The fourth-order valence-corrected chi connectivity index (χ4v) is 8.78. The van der Waals surface area contributed by atoms with Crippen LogP contribution in [-0.4, -0.2) is 75.2 Å². The summed E-state index contributed by atoms with van der Waals surface area (Å²) in [7, 11) is 5.28. The lowest BCUT2D eigenvalue weighted by Crippen LogP contribution is -2.43. The minimum atomic E-state index is -1.74. The molecule has 0 bridgehead atoms. The van der Waals surface area contributed by atoms with Crippen molar-refractivity contribution in [3.63, 3.8) is 0 Å². The van der Waals surface area contributed by atoms with Gasteiger partial charge in [0.2, 0.25) is 11.3 Å². The van der Waals surface area contributed by atoms with E-state index in [1.54, 1.807) is 97.1 Å². The summed E-state index contributed by atoms with van der Waals surface area (Å²) in [4.78, 5) is 73.2. The highest BCUT2D eigenvalue weighted by Gasteiger charge is 2.61. The number of rotatable bonds is 11. The van der Waals surface area contributed by atoms with Crippen LogP contribution in [-0.2, 0) is 30.3 Å². The molecule has 0 saturated carbocycles. The number of hydrogen-bond acceptors (Lipinski definition) is 12. The molecule has 0 N–H and O–H groups in total. The SMILES string of the molecule is COC(=O)c1ccc(C2=NC(c3ccccc3Br)(C3(c4ccccc4Br)N=C(c4ccc(C(=O)OC)cc4)C(c4ccc(C(=O)OC)cc4)=N3)N=C2c2ccc(C(=O)OC)cc2)cc1. The molecule has 0 spiro atoms. The maximum atomic E-state index is 12.6. The standard InChI is InChI=1S/C50H36Br2N4O8/c1-61-45(57)33-21-13-29(14-22-33)41-42(30-15-23-34(24-16-30)46(58)62-2)54-49(53-41,37-9-5-7-11-39(37)51)50(38-10-6-8-12-40(38)52)55-43(31-17-25-35(26-18-31)47(59)63-3)44(56-50)32-19-27-36(28-20-32)48(60)64-4/h5-28H,1-4H3. The Morgan fingerprint density at radius 2 is 0.578 bits per heavy atom. The van der Waals surface area contributed by atoms with Gasteiger partial charge >= 0.3 is 23.9 Å². The first-order valence-corrected chi connectivity index (χ1v) is 21.2. The van der Waals surface area contributed by atoms with Crippen molar-refractivity contribution < 1.29 is 38.1 Å². The zero-order valence-corrected chi connectivity index (χ0v) is 37.8. The van der Waals surface area contributed by atoms with Crippen molar-refractivity contribution in [2.45, 2.75) is 11.3 Å². The summed E-state index contributed by atoms with van der Waals surface area (Å²) in [5, 5.41) is 0. The maximum absolute atomic E-state index is 12.6. The summed E-state index contributed by atoms with van der Waals surface area (Å²) in [6, 6.07) is 42.6. The van der Waals surface area contributed by atoms with Gasteiger partial charge in [-0.1, -0.05) is 117 Å². The van der Waals surface area contributed by atoms with Crippen molar-refractivity contribution in [2.75, 3.05) is 28.4 Å². The molecule has 2 heterocycles. The van der Waals surface area contributed by atoms with Crippen LogP contribution in [0.15, 0.2) is 175 Å². The molecule has 0 unspecified atom stereocenters. The number of aliphatic imine (C=N–C) groups is 4. The topological polar surface area (TPSA) is 155 Å². The Kier molecular flexibility index (Phi) is 12.2. The lowest BCUT2D eigenvalue weighted by molar-refractivity contribution is 0.0592. The molecule has 6 aromatic rings. The second-order valence-electron chi connectivity index (χ2n) is 14.4. The van der Waals surface area contributed by atoms with Gasteiger partial charge in [-0.05, 0) is 60.7 Å². The monoisotopic (exact) mass is 978 g/mol.